The average Bonchev–Trinajstić information content (AvgIpc) is 2.71. The zero-order chi connectivity index (χ0) is 13.1. The van der Waals surface area contributed by atoms with Crippen LogP contribution in [0.4, 0.5) is 4.39 Å². The van der Waals surface area contributed by atoms with Gasteiger partial charge in [-0.15, -0.1) is 0 Å². The molecule has 1 aromatic heterocycles. The number of hydrogen-bond acceptors (Lipinski definition) is 2. The molecule has 1 heterocycles. The summed E-state index contributed by atoms with van der Waals surface area (Å²) in [6.45, 7) is 2.70. The summed E-state index contributed by atoms with van der Waals surface area (Å²) in [6, 6.07) is 5.36. The van der Waals surface area contributed by atoms with Gasteiger partial charge in [0.2, 0.25) is 0 Å². The first kappa shape index (κ1) is 12.8. The number of nitrogens with one attached hydrogen (secondary N) is 1. The Morgan fingerprint density at radius 3 is 2.72 bits per heavy atom. The minimum Gasteiger partial charge on any atom is -0.316 e. The van der Waals surface area contributed by atoms with Crippen molar-refractivity contribution in [3.8, 4) is 11.1 Å². The summed E-state index contributed by atoms with van der Waals surface area (Å²) in [5.41, 5.74) is 3.38. The van der Waals surface area contributed by atoms with Crippen molar-refractivity contribution in [2.75, 3.05) is 7.05 Å². The highest BCUT2D eigenvalue weighted by Gasteiger charge is 2.12. The number of benzene rings is 1. The summed E-state index contributed by atoms with van der Waals surface area (Å²) in [4.78, 5) is 0. The lowest BCUT2D eigenvalue weighted by Gasteiger charge is -2.05. The van der Waals surface area contributed by atoms with Gasteiger partial charge in [-0.05, 0) is 25.1 Å². The average molecular weight is 247 g/mol. The van der Waals surface area contributed by atoms with Crippen molar-refractivity contribution >= 4 is 0 Å². The van der Waals surface area contributed by atoms with E-state index >= 15 is 0 Å². The van der Waals surface area contributed by atoms with Gasteiger partial charge in [0.25, 0.3) is 0 Å². The Kier molecular flexibility index (Phi) is 3.77. The van der Waals surface area contributed by atoms with Gasteiger partial charge in [-0.3, -0.25) is 4.68 Å². The third kappa shape index (κ3) is 2.43. The lowest BCUT2D eigenvalue weighted by atomic mass is 10.0. The fourth-order valence-corrected chi connectivity index (χ4v) is 2.11. The van der Waals surface area contributed by atoms with Gasteiger partial charge in [-0.1, -0.05) is 19.1 Å². The standard InChI is InChI=1S/C14H18FN3/c1-4-14-12(9-18(3)17-14)11-6-5-10(8-16-2)7-13(11)15/h5-7,9,16H,4,8H2,1-3H3. The first-order valence-electron chi connectivity index (χ1n) is 6.11. The van der Waals surface area contributed by atoms with Gasteiger partial charge in [0, 0.05) is 30.9 Å². The highest BCUT2D eigenvalue weighted by molar-refractivity contribution is 5.66. The van der Waals surface area contributed by atoms with Gasteiger partial charge in [-0.2, -0.15) is 5.10 Å². The van der Waals surface area contributed by atoms with Crippen molar-refractivity contribution in [2.45, 2.75) is 19.9 Å². The lowest BCUT2D eigenvalue weighted by molar-refractivity contribution is 0.627. The molecule has 0 aliphatic rings. The summed E-state index contributed by atoms with van der Waals surface area (Å²) in [5, 5.41) is 7.36. The van der Waals surface area contributed by atoms with Crippen LogP contribution >= 0.6 is 0 Å². The zero-order valence-electron chi connectivity index (χ0n) is 11.0. The van der Waals surface area contributed by atoms with E-state index < -0.39 is 0 Å². The fourth-order valence-electron chi connectivity index (χ4n) is 2.11. The van der Waals surface area contributed by atoms with Gasteiger partial charge in [0.15, 0.2) is 0 Å². The van der Waals surface area contributed by atoms with Crippen LogP contribution in [0.3, 0.4) is 0 Å². The molecule has 0 aliphatic carbocycles. The number of aromatic nitrogens is 2. The van der Waals surface area contributed by atoms with Crippen LogP contribution in [0.15, 0.2) is 24.4 Å². The predicted octanol–water partition coefficient (Wildman–Crippen LogP) is 2.51. The van der Waals surface area contributed by atoms with E-state index in [1.807, 2.05) is 39.3 Å². The van der Waals surface area contributed by atoms with E-state index in [4.69, 9.17) is 0 Å². The van der Waals surface area contributed by atoms with Gasteiger partial charge >= 0.3 is 0 Å². The van der Waals surface area contributed by atoms with E-state index in [1.165, 1.54) is 0 Å². The Morgan fingerprint density at radius 1 is 1.33 bits per heavy atom. The van der Waals surface area contributed by atoms with E-state index in [0.717, 1.165) is 23.2 Å². The Hall–Kier alpha value is -1.68. The maximum atomic E-state index is 14.1. The second kappa shape index (κ2) is 5.31. The molecule has 0 radical (unpaired) electrons. The molecule has 0 saturated heterocycles. The number of rotatable bonds is 4. The molecule has 1 aromatic carbocycles. The number of aryl methyl sites for hydroxylation is 2. The molecule has 2 rings (SSSR count). The third-order valence-corrected chi connectivity index (χ3v) is 2.94. The highest BCUT2D eigenvalue weighted by atomic mass is 19.1. The molecule has 2 aromatic rings. The van der Waals surface area contributed by atoms with Crippen molar-refractivity contribution in [1.29, 1.82) is 0 Å². The third-order valence-electron chi connectivity index (χ3n) is 2.94. The van der Waals surface area contributed by atoms with E-state index in [-0.39, 0.29) is 5.82 Å². The normalized spacial score (nSPS) is 10.9. The van der Waals surface area contributed by atoms with Crippen molar-refractivity contribution in [3.05, 3.63) is 41.5 Å². The highest BCUT2D eigenvalue weighted by Crippen LogP contribution is 2.26. The Bertz CT molecular complexity index is 546. The number of halogens is 1. The van der Waals surface area contributed by atoms with E-state index in [0.29, 0.717) is 12.1 Å². The topological polar surface area (TPSA) is 29.9 Å². The van der Waals surface area contributed by atoms with Crippen LogP contribution in [0.25, 0.3) is 11.1 Å². The van der Waals surface area contributed by atoms with Crippen molar-refractivity contribution in [3.63, 3.8) is 0 Å². The van der Waals surface area contributed by atoms with Crippen LogP contribution in [-0.4, -0.2) is 16.8 Å². The monoisotopic (exact) mass is 247 g/mol. The largest absolute Gasteiger partial charge is 0.316 e. The molecular formula is C14H18FN3. The molecule has 4 heteroatoms. The van der Waals surface area contributed by atoms with Crippen molar-refractivity contribution in [1.82, 2.24) is 15.1 Å². The van der Waals surface area contributed by atoms with Crippen LogP contribution in [-0.2, 0) is 20.0 Å². The predicted molar refractivity (Wildman–Crippen MR) is 70.7 cm³/mol. The molecule has 0 saturated carbocycles. The maximum Gasteiger partial charge on any atom is 0.131 e. The quantitative estimate of drug-likeness (QED) is 0.899. The first-order chi connectivity index (χ1) is 8.65. The molecule has 96 valence electrons. The van der Waals surface area contributed by atoms with Gasteiger partial charge in [0.05, 0.1) is 5.69 Å². The van der Waals surface area contributed by atoms with Crippen molar-refractivity contribution < 1.29 is 4.39 Å². The first-order valence-corrected chi connectivity index (χ1v) is 6.11. The minimum atomic E-state index is -0.189. The minimum absolute atomic E-state index is 0.189. The molecule has 0 bridgehead atoms. The molecule has 1 N–H and O–H groups in total. The van der Waals surface area contributed by atoms with Gasteiger partial charge in [-0.25, -0.2) is 4.39 Å². The molecule has 18 heavy (non-hydrogen) atoms. The van der Waals surface area contributed by atoms with Crippen LogP contribution < -0.4 is 5.32 Å². The summed E-state index contributed by atoms with van der Waals surface area (Å²) in [6.07, 6.45) is 2.67. The summed E-state index contributed by atoms with van der Waals surface area (Å²) in [5.74, 6) is -0.189. The smallest absolute Gasteiger partial charge is 0.131 e. The molecule has 0 amide bonds. The van der Waals surface area contributed by atoms with Gasteiger partial charge in [0.1, 0.15) is 5.82 Å². The van der Waals surface area contributed by atoms with Crippen LogP contribution in [0.5, 0.6) is 0 Å². The van der Waals surface area contributed by atoms with E-state index in [2.05, 4.69) is 10.4 Å². The second-order valence-electron chi connectivity index (χ2n) is 4.36. The number of nitrogens with zero attached hydrogens (tertiary/aromatic N) is 2. The Balaban J connectivity index is 2.44. The van der Waals surface area contributed by atoms with Crippen LogP contribution in [0.1, 0.15) is 18.2 Å². The molecule has 3 nitrogen and oxygen atoms in total. The number of hydrogen-bond donors (Lipinski definition) is 1. The summed E-state index contributed by atoms with van der Waals surface area (Å²) in [7, 11) is 3.71. The fraction of sp³-hybridized carbons (Fsp3) is 0.357. The maximum absolute atomic E-state index is 14.1. The Morgan fingerprint density at radius 2 is 2.11 bits per heavy atom. The molecule has 0 aliphatic heterocycles. The van der Waals surface area contributed by atoms with E-state index in [9.17, 15) is 4.39 Å². The summed E-state index contributed by atoms with van der Waals surface area (Å²) < 4.78 is 15.9. The summed E-state index contributed by atoms with van der Waals surface area (Å²) >= 11 is 0. The van der Waals surface area contributed by atoms with Gasteiger partial charge < -0.3 is 5.32 Å². The van der Waals surface area contributed by atoms with Crippen LogP contribution in [0.2, 0.25) is 0 Å². The Labute approximate surface area is 107 Å². The molecule has 0 spiro atoms. The van der Waals surface area contributed by atoms with Crippen molar-refractivity contribution in [2.24, 2.45) is 7.05 Å². The molecule has 0 unspecified atom stereocenters. The lowest BCUT2D eigenvalue weighted by Crippen LogP contribution is -2.05. The van der Waals surface area contributed by atoms with E-state index in [1.54, 1.807) is 10.7 Å². The molecule has 0 atom stereocenters. The molecule has 0 fully saturated rings. The zero-order valence-corrected chi connectivity index (χ0v) is 11.0. The van der Waals surface area contributed by atoms with Crippen LogP contribution in [0, 0.1) is 5.82 Å². The SMILES string of the molecule is CCc1nn(C)cc1-c1ccc(CNC)cc1F. The molecular weight excluding hydrogens is 229 g/mol. The second-order valence-corrected chi connectivity index (χ2v) is 4.36.